The van der Waals surface area contributed by atoms with Crippen molar-refractivity contribution in [2.24, 2.45) is 0 Å². The molecular formula is C44H26BNO2S2. The van der Waals surface area contributed by atoms with Crippen molar-refractivity contribution in [2.75, 3.05) is 0 Å². The first-order valence-electron chi connectivity index (χ1n) is 17.0. The van der Waals surface area contributed by atoms with Crippen LogP contribution in [0.5, 0.6) is 23.0 Å². The molecule has 7 aromatic carbocycles. The maximum absolute atomic E-state index is 6.87. The zero-order chi connectivity index (χ0) is 32.8. The van der Waals surface area contributed by atoms with Crippen LogP contribution in [0.1, 0.15) is 11.1 Å². The van der Waals surface area contributed by atoms with Crippen LogP contribution in [-0.4, -0.2) is 11.3 Å². The van der Waals surface area contributed by atoms with Gasteiger partial charge >= 0.3 is 0 Å². The summed E-state index contributed by atoms with van der Waals surface area (Å²) in [6.07, 6.45) is 0. The minimum absolute atomic E-state index is 0.0339. The van der Waals surface area contributed by atoms with E-state index < -0.39 is 0 Å². The number of fused-ring (bicyclic) bond motifs is 16. The molecule has 0 saturated carbocycles. The predicted molar refractivity (Wildman–Crippen MR) is 214 cm³/mol. The molecule has 0 radical (unpaired) electrons. The molecule has 234 valence electrons. The summed E-state index contributed by atoms with van der Waals surface area (Å²) in [6.45, 7) is 4.29. The monoisotopic (exact) mass is 675 g/mol. The average Bonchev–Trinajstić information content (AvgIpc) is 3.80. The van der Waals surface area contributed by atoms with E-state index in [9.17, 15) is 0 Å². The van der Waals surface area contributed by atoms with Gasteiger partial charge in [-0.2, -0.15) is 0 Å². The molecule has 12 rings (SSSR count). The molecule has 5 heterocycles. The molecule has 2 aliphatic heterocycles. The molecule has 50 heavy (non-hydrogen) atoms. The number of benzene rings is 7. The third-order valence-electron chi connectivity index (χ3n) is 10.8. The molecular weight excluding hydrogens is 649 g/mol. The second-order valence-corrected chi connectivity index (χ2v) is 15.9. The van der Waals surface area contributed by atoms with Crippen molar-refractivity contribution in [3.8, 4) is 28.7 Å². The quantitative estimate of drug-likeness (QED) is 0.162. The van der Waals surface area contributed by atoms with E-state index in [2.05, 4.69) is 140 Å². The molecule has 2 aliphatic rings. The Kier molecular flexibility index (Phi) is 5.22. The number of nitrogens with zero attached hydrogens (tertiary/aromatic N) is 1. The zero-order valence-electron chi connectivity index (χ0n) is 27.2. The normalized spacial score (nSPS) is 13.3. The van der Waals surface area contributed by atoms with Crippen molar-refractivity contribution >= 4 is 108 Å². The molecule has 0 N–H and O–H groups in total. The van der Waals surface area contributed by atoms with Crippen LogP contribution in [-0.2, 0) is 0 Å². The third-order valence-corrected chi connectivity index (χ3v) is 13.2. The van der Waals surface area contributed by atoms with Gasteiger partial charge < -0.3 is 14.0 Å². The summed E-state index contributed by atoms with van der Waals surface area (Å²) < 4.78 is 21.5. The van der Waals surface area contributed by atoms with Gasteiger partial charge in [-0.05, 0) is 66.2 Å². The Morgan fingerprint density at radius 1 is 0.520 bits per heavy atom. The van der Waals surface area contributed by atoms with Gasteiger partial charge in [0.2, 0.25) is 0 Å². The minimum atomic E-state index is 0.0339. The van der Waals surface area contributed by atoms with Gasteiger partial charge in [0.15, 0.2) is 0 Å². The number of aryl methyl sites for hydroxylation is 2. The lowest BCUT2D eigenvalue weighted by Crippen LogP contribution is -2.57. The summed E-state index contributed by atoms with van der Waals surface area (Å²) >= 11 is 3.82. The molecule has 0 unspecified atom stereocenters. The van der Waals surface area contributed by atoms with Gasteiger partial charge in [-0.15, -0.1) is 22.7 Å². The second-order valence-electron chi connectivity index (χ2n) is 13.8. The van der Waals surface area contributed by atoms with Crippen LogP contribution in [0.15, 0.2) is 121 Å². The van der Waals surface area contributed by atoms with Gasteiger partial charge in [-0.1, -0.05) is 78.9 Å². The molecule has 6 heteroatoms. The second kappa shape index (κ2) is 9.57. The van der Waals surface area contributed by atoms with E-state index in [1.165, 1.54) is 84.2 Å². The number of thiophene rings is 2. The van der Waals surface area contributed by atoms with Crippen LogP contribution in [0.2, 0.25) is 0 Å². The van der Waals surface area contributed by atoms with Crippen LogP contribution in [0.3, 0.4) is 0 Å². The highest BCUT2D eigenvalue weighted by Gasteiger charge is 2.41. The van der Waals surface area contributed by atoms with Crippen molar-refractivity contribution in [1.82, 2.24) is 4.57 Å². The number of hydrogen-bond donors (Lipinski definition) is 0. The Balaban J connectivity index is 1.25. The van der Waals surface area contributed by atoms with Crippen molar-refractivity contribution in [1.29, 1.82) is 0 Å². The smallest absolute Gasteiger partial charge is 0.260 e. The van der Waals surface area contributed by atoms with Crippen LogP contribution in [0, 0.1) is 13.8 Å². The fourth-order valence-corrected chi connectivity index (χ4v) is 11.3. The largest absolute Gasteiger partial charge is 0.458 e. The number of hydrogen-bond acceptors (Lipinski definition) is 4. The first-order valence-corrected chi connectivity index (χ1v) is 18.7. The average molecular weight is 676 g/mol. The number of ether oxygens (including phenoxy) is 2. The number of rotatable bonds is 1. The maximum atomic E-state index is 6.87. The molecule has 3 aromatic heterocycles. The van der Waals surface area contributed by atoms with Gasteiger partial charge in [-0.3, -0.25) is 0 Å². The molecule has 3 nitrogen and oxygen atoms in total. The van der Waals surface area contributed by atoms with Crippen LogP contribution in [0.25, 0.3) is 67.8 Å². The fourth-order valence-electron chi connectivity index (χ4n) is 8.70. The summed E-state index contributed by atoms with van der Waals surface area (Å²) in [5.41, 5.74) is 9.27. The SMILES string of the molecule is Cc1ccc2c(c1)Oc1cc(-n3c4ccccc4c4c5sc6ccccc6c5c5sc6ccccc6c5c43)cc3c1B2c1ccc(C)cc1O3. The van der Waals surface area contributed by atoms with Crippen molar-refractivity contribution in [3.05, 3.63) is 132 Å². The standard InChI is InChI=1S/C44H26BNO2S2/c1-23-15-17-29-32(19-23)47-34-21-25(22-35-41(34)45(29)30-18-16-24(2)20-33(30)48-35)46-31-12-6-3-9-26(31)38-42(46)39-27-10-4-7-13-36(27)49-44(39)40-28-11-5-8-14-37(28)50-43(38)40/h3-22H,1-2H3. The van der Waals surface area contributed by atoms with Gasteiger partial charge in [0.05, 0.1) is 16.7 Å². The van der Waals surface area contributed by atoms with E-state index in [1.807, 2.05) is 22.7 Å². The third kappa shape index (κ3) is 3.45. The Bertz CT molecular complexity index is 3040. The minimum Gasteiger partial charge on any atom is -0.458 e. The first kappa shape index (κ1) is 27.3. The van der Waals surface area contributed by atoms with Crippen molar-refractivity contribution in [3.63, 3.8) is 0 Å². The summed E-state index contributed by atoms with van der Waals surface area (Å²) in [4.78, 5) is 0. The molecule has 10 aromatic rings. The zero-order valence-corrected chi connectivity index (χ0v) is 28.8. The Morgan fingerprint density at radius 3 is 1.66 bits per heavy atom. The summed E-state index contributed by atoms with van der Waals surface area (Å²) in [7, 11) is 0. The molecule has 0 bridgehead atoms. The summed E-state index contributed by atoms with van der Waals surface area (Å²) in [5.74, 6) is 3.54. The van der Waals surface area contributed by atoms with Gasteiger partial charge in [0, 0.05) is 68.7 Å². The lowest BCUT2D eigenvalue weighted by molar-refractivity contribution is 0.464. The molecule has 0 spiro atoms. The van der Waals surface area contributed by atoms with Crippen LogP contribution >= 0.6 is 22.7 Å². The fraction of sp³-hybridized carbons (Fsp3) is 0.0455. The summed E-state index contributed by atoms with van der Waals surface area (Å²) in [6, 6.07) is 44.4. The highest BCUT2D eigenvalue weighted by atomic mass is 32.1. The van der Waals surface area contributed by atoms with E-state index in [0.717, 1.165) is 34.1 Å². The molecule has 0 fully saturated rings. The van der Waals surface area contributed by atoms with E-state index in [0.29, 0.717) is 0 Å². The van der Waals surface area contributed by atoms with E-state index in [-0.39, 0.29) is 6.71 Å². The number of para-hydroxylation sites is 1. The highest BCUT2D eigenvalue weighted by molar-refractivity contribution is 7.30. The molecule has 0 saturated heterocycles. The summed E-state index contributed by atoms with van der Waals surface area (Å²) in [5, 5.41) is 7.85. The van der Waals surface area contributed by atoms with Gasteiger partial charge in [0.1, 0.15) is 23.0 Å². The maximum Gasteiger partial charge on any atom is 0.260 e. The molecule has 0 aliphatic carbocycles. The Morgan fingerprint density at radius 2 is 1.04 bits per heavy atom. The van der Waals surface area contributed by atoms with Gasteiger partial charge in [0.25, 0.3) is 6.71 Å². The highest BCUT2D eigenvalue weighted by Crippen LogP contribution is 2.52. The van der Waals surface area contributed by atoms with E-state index in [1.54, 1.807) is 0 Å². The first-order chi connectivity index (χ1) is 24.6. The van der Waals surface area contributed by atoms with E-state index in [4.69, 9.17) is 9.47 Å². The lowest BCUT2D eigenvalue weighted by Gasteiger charge is -2.33. The topological polar surface area (TPSA) is 23.4 Å². The number of aromatic nitrogens is 1. The van der Waals surface area contributed by atoms with Crippen LogP contribution in [0.4, 0.5) is 0 Å². The Hall–Kier alpha value is -5.56. The Labute approximate surface area is 295 Å². The van der Waals surface area contributed by atoms with E-state index >= 15 is 0 Å². The van der Waals surface area contributed by atoms with Gasteiger partial charge in [-0.25, -0.2) is 0 Å². The van der Waals surface area contributed by atoms with Crippen LogP contribution < -0.4 is 25.9 Å². The van der Waals surface area contributed by atoms with Crippen molar-refractivity contribution < 1.29 is 9.47 Å². The van der Waals surface area contributed by atoms with Crippen molar-refractivity contribution in [2.45, 2.75) is 13.8 Å². The molecule has 0 amide bonds. The lowest BCUT2D eigenvalue weighted by atomic mass is 9.35. The predicted octanol–water partition coefficient (Wildman–Crippen LogP) is 10.9. The molecule has 0 atom stereocenters.